The van der Waals surface area contributed by atoms with Gasteiger partial charge in [-0.1, -0.05) is 0 Å². The molecule has 1 atom stereocenters. The van der Waals surface area contributed by atoms with E-state index in [1.807, 2.05) is 6.92 Å². The van der Waals surface area contributed by atoms with Crippen LogP contribution < -0.4 is 11.1 Å². The molecule has 3 N–H and O–H groups in total. The second kappa shape index (κ2) is 6.06. The molecule has 0 unspecified atom stereocenters. The Morgan fingerprint density at radius 2 is 2.43 bits per heavy atom. The molecular formula is C8H12BrClN2O2. The number of nitrogens with one attached hydrogen (secondary N) is 1. The summed E-state index contributed by atoms with van der Waals surface area (Å²) in [5.41, 5.74) is 5.35. The van der Waals surface area contributed by atoms with E-state index in [4.69, 9.17) is 10.2 Å². The lowest BCUT2D eigenvalue weighted by atomic mass is 10.3. The number of rotatable bonds is 3. The van der Waals surface area contributed by atoms with E-state index in [1.165, 1.54) is 6.26 Å². The molecule has 0 bridgehead atoms. The number of nitrogens with two attached hydrogens (primary N) is 1. The van der Waals surface area contributed by atoms with Gasteiger partial charge in [-0.2, -0.15) is 0 Å². The molecule has 80 valence electrons. The summed E-state index contributed by atoms with van der Waals surface area (Å²) in [5.74, 6) is 0.0233. The van der Waals surface area contributed by atoms with Gasteiger partial charge in [0.05, 0.1) is 10.7 Å². The maximum absolute atomic E-state index is 11.4. The van der Waals surface area contributed by atoms with Crippen molar-refractivity contribution in [2.45, 2.75) is 13.0 Å². The highest BCUT2D eigenvalue weighted by Gasteiger charge is 2.14. The summed E-state index contributed by atoms with van der Waals surface area (Å²) < 4.78 is 5.62. The zero-order valence-electron chi connectivity index (χ0n) is 7.62. The number of carbonyl (C=O) groups excluding carboxylic acids is 1. The predicted molar refractivity (Wildman–Crippen MR) is 59.6 cm³/mol. The number of hydrogen-bond donors (Lipinski definition) is 2. The zero-order valence-corrected chi connectivity index (χ0v) is 10.0. The van der Waals surface area contributed by atoms with Gasteiger partial charge in [0, 0.05) is 12.6 Å². The van der Waals surface area contributed by atoms with Crippen LogP contribution in [0, 0.1) is 0 Å². The fourth-order valence-corrected chi connectivity index (χ4v) is 1.19. The van der Waals surface area contributed by atoms with E-state index in [1.54, 1.807) is 6.07 Å². The lowest BCUT2D eigenvalue weighted by molar-refractivity contribution is 0.0912. The molecule has 1 aromatic rings. The molecule has 0 saturated carbocycles. The van der Waals surface area contributed by atoms with E-state index >= 15 is 0 Å². The lowest BCUT2D eigenvalue weighted by Crippen LogP contribution is -2.37. The minimum atomic E-state index is -0.255. The van der Waals surface area contributed by atoms with E-state index in [2.05, 4.69) is 21.2 Å². The summed E-state index contributed by atoms with van der Waals surface area (Å²) in [6.45, 7) is 2.23. The smallest absolute Gasteiger partial charge is 0.288 e. The summed E-state index contributed by atoms with van der Waals surface area (Å²) in [7, 11) is 0. The summed E-state index contributed by atoms with van der Waals surface area (Å²) in [6, 6.07) is 1.62. The van der Waals surface area contributed by atoms with Crippen LogP contribution >= 0.6 is 28.3 Å². The van der Waals surface area contributed by atoms with E-state index < -0.39 is 0 Å². The number of amides is 1. The Hall–Kier alpha value is -0.520. The number of halogens is 2. The van der Waals surface area contributed by atoms with Crippen LogP contribution in [0.3, 0.4) is 0 Å². The van der Waals surface area contributed by atoms with Gasteiger partial charge in [0.1, 0.15) is 0 Å². The van der Waals surface area contributed by atoms with E-state index in [0.29, 0.717) is 11.0 Å². The van der Waals surface area contributed by atoms with Gasteiger partial charge < -0.3 is 15.5 Å². The summed E-state index contributed by atoms with van der Waals surface area (Å²) in [4.78, 5) is 11.4. The van der Waals surface area contributed by atoms with Crippen molar-refractivity contribution in [2.75, 3.05) is 6.54 Å². The molecule has 14 heavy (non-hydrogen) atoms. The third kappa shape index (κ3) is 3.32. The van der Waals surface area contributed by atoms with Gasteiger partial charge in [0.25, 0.3) is 5.91 Å². The van der Waals surface area contributed by atoms with Crippen LogP contribution in [0.15, 0.2) is 21.2 Å². The van der Waals surface area contributed by atoms with Crippen molar-refractivity contribution in [3.8, 4) is 0 Å². The average Bonchev–Trinajstić information content (AvgIpc) is 2.51. The first-order valence-corrected chi connectivity index (χ1v) is 4.68. The molecule has 0 saturated heterocycles. The van der Waals surface area contributed by atoms with Crippen LogP contribution in [0.2, 0.25) is 0 Å². The molecule has 0 aromatic carbocycles. The second-order valence-corrected chi connectivity index (χ2v) is 3.56. The number of furan rings is 1. The maximum atomic E-state index is 11.4. The summed E-state index contributed by atoms with van der Waals surface area (Å²) in [6.07, 6.45) is 1.45. The van der Waals surface area contributed by atoms with Gasteiger partial charge in [-0.25, -0.2) is 0 Å². The molecule has 6 heteroatoms. The Balaban J connectivity index is 0.00000169. The molecular weight excluding hydrogens is 271 g/mol. The van der Waals surface area contributed by atoms with Crippen LogP contribution in [0.5, 0.6) is 0 Å². The quantitative estimate of drug-likeness (QED) is 0.884. The fourth-order valence-electron chi connectivity index (χ4n) is 0.804. The van der Waals surface area contributed by atoms with Crippen molar-refractivity contribution in [1.82, 2.24) is 5.32 Å². The highest BCUT2D eigenvalue weighted by molar-refractivity contribution is 9.10. The molecule has 0 aliphatic rings. The molecule has 1 heterocycles. The first-order valence-electron chi connectivity index (χ1n) is 3.89. The Morgan fingerprint density at radius 3 is 2.86 bits per heavy atom. The Bertz CT molecular complexity index is 303. The molecule has 0 aliphatic carbocycles. The Morgan fingerprint density at radius 1 is 1.79 bits per heavy atom. The van der Waals surface area contributed by atoms with Crippen LogP contribution in [0.4, 0.5) is 0 Å². The van der Waals surface area contributed by atoms with Gasteiger partial charge in [-0.3, -0.25) is 4.79 Å². The van der Waals surface area contributed by atoms with Crippen molar-refractivity contribution in [1.29, 1.82) is 0 Å². The first-order chi connectivity index (χ1) is 6.15. The summed E-state index contributed by atoms with van der Waals surface area (Å²) >= 11 is 3.19. The first kappa shape index (κ1) is 13.5. The fraction of sp³-hybridized carbons (Fsp3) is 0.375. The van der Waals surface area contributed by atoms with Crippen LogP contribution in [-0.4, -0.2) is 18.5 Å². The second-order valence-electron chi connectivity index (χ2n) is 2.71. The third-order valence-corrected chi connectivity index (χ3v) is 2.18. The number of carbonyl (C=O) groups is 1. The van der Waals surface area contributed by atoms with Crippen molar-refractivity contribution in [3.63, 3.8) is 0 Å². The monoisotopic (exact) mass is 282 g/mol. The topological polar surface area (TPSA) is 68.3 Å². The standard InChI is InChI=1S/C8H11BrN2O2.ClH/c1-5(4-10)11-8(12)7-6(9)2-3-13-7;/h2-3,5H,4,10H2,1H3,(H,11,12);1H/t5-;/m0./s1. The van der Waals surface area contributed by atoms with Gasteiger partial charge >= 0.3 is 0 Å². The van der Waals surface area contributed by atoms with Crippen molar-refractivity contribution < 1.29 is 9.21 Å². The molecule has 0 radical (unpaired) electrons. The van der Waals surface area contributed by atoms with E-state index in [-0.39, 0.29) is 30.1 Å². The van der Waals surface area contributed by atoms with Crippen molar-refractivity contribution in [2.24, 2.45) is 5.73 Å². The van der Waals surface area contributed by atoms with Gasteiger partial charge in [-0.15, -0.1) is 12.4 Å². The predicted octanol–water partition coefficient (Wildman–Crippen LogP) is 1.54. The lowest BCUT2D eigenvalue weighted by Gasteiger charge is -2.09. The van der Waals surface area contributed by atoms with Crippen molar-refractivity contribution >= 4 is 34.2 Å². The number of hydrogen-bond acceptors (Lipinski definition) is 3. The molecule has 0 aliphatic heterocycles. The zero-order chi connectivity index (χ0) is 9.84. The summed E-state index contributed by atoms with van der Waals surface area (Å²) in [5, 5.41) is 2.69. The third-order valence-electron chi connectivity index (χ3n) is 1.55. The highest BCUT2D eigenvalue weighted by atomic mass is 79.9. The van der Waals surface area contributed by atoms with E-state index in [9.17, 15) is 4.79 Å². The molecule has 0 fully saturated rings. The minimum absolute atomic E-state index is 0. The minimum Gasteiger partial charge on any atom is -0.458 e. The largest absolute Gasteiger partial charge is 0.458 e. The molecule has 1 rings (SSSR count). The SMILES string of the molecule is C[C@@H](CN)NC(=O)c1occc1Br.Cl. The van der Waals surface area contributed by atoms with Crippen LogP contribution in [0.25, 0.3) is 0 Å². The Labute approximate surface area is 96.8 Å². The Kier molecular flexibility index (Phi) is 5.83. The van der Waals surface area contributed by atoms with E-state index in [0.717, 1.165) is 0 Å². The van der Waals surface area contributed by atoms with Crippen LogP contribution in [-0.2, 0) is 0 Å². The highest BCUT2D eigenvalue weighted by Crippen LogP contribution is 2.17. The van der Waals surface area contributed by atoms with Crippen molar-refractivity contribution in [3.05, 3.63) is 22.6 Å². The van der Waals surface area contributed by atoms with Gasteiger partial charge in [-0.05, 0) is 28.9 Å². The van der Waals surface area contributed by atoms with Gasteiger partial charge in [0.15, 0.2) is 0 Å². The maximum Gasteiger partial charge on any atom is 0.288 e. The molecule has 0 spiro atoms. The molecule has 1 aromatic heterocycles. The molecule has 1 amide bonds. The average molecular weight is 284 g/mol. The van der Waals surface area contributed by atoms with Gasteiger partial charge in [0.2, 0.25) is 5.76 Å². The van der Waals surface area contributed by atoms with Crippen LogP contribution in [0.1, 0.15) is 17.5 Å². The molecule has 4 nitrogen and oxygen atoms in total. The normalized spacial score (nSPS) is 11.6.